The lowest BCUT2D eigenvalue weighted by molar-refractivity contribution is -0.141. The first-order valence-corrected chi connectivity index (χ1v) is 10.0. The number of aryl methyl sites for hydroxylation is 2. The van der Waals surface area contributed by atoms with Gasteiger partial charge in [0.1, 0.15) is 6.54 Å². The summed E-state index contributed by atoms with van der Waals surface area (Å²) in [5, 5.41) is 1.84. The molecule has 0 atom stereocenters. The summed E-state index contributed by atoms with van der Waals surface area (Å²) in [5.41, 5.74) is 3.67. The lowest BCUT2D eigenvalue weighted by Crippen LogP contribution is -2.22. The minimum Gasteiger partial charge on any atom is -0.468 e. The van der Waals surface area contributed by atoms with Crippen molar-refractivity contribution in [1.82, 2.24) is 4.57 Å². The zero-order chi connectivity index (χ0) is 20.5. The molecule has 5 nitrogen and oxygen atoms in total. The normalized spacial score (nSPS) is 11.9. The summed E-state index contributed by atoms with van der Waals surface area (Å²) in [6, 6.07) is 17.4. The molecule has 4 aromatic rings. The summed E-state index contributed by atoms with van der Waals surface area (Å²) in [5.74, 6) is -0.720. The molecule has 0 aliphatic carbocycles. The zero-order valence-corrected chi connectivity index (χ0v) is 17.2. The number of benzene rings is 3. The number of carbonyl (C=O) groups is 2. The summed E-state index contributed by atoms with van der Waals surface area (Å²) in [4.78, 5) is 29.9. The van der Waals surface area contributed by atoms with Crippen LogP contribution in [-0.2, 0) is 16.1 Å². The number of hydrogen-bond donors (Lipinski definition) is 0. The lowest BCUT2D eigenvalue weighted by Gasteiger charge is -2.06. The van der Waals surface area contributed by atoms with Crippen LogP contribution in [0.25, 0.3) is 21.0 Å². The summed E-state index contributed by atoms with van der Waals surface area (Å²) < 4.78 is 7.57. The predicted molar refractivity (Wildman–Crippen MR) is 115 cm³/mol. The van der Waals surface area contributed by atoms with Crippen LogP contribution in [0.3, 0.4) is 0 Å². The van der Waals surface area contributed by atoms with Crippen molar-refractivity contribution < 1.29 is 14.3 Å². The summed E-state index contributed by atoms with van der Waals surface area (Å²) in [6.45, 7) is 4.06. The fourth-order valence-corrected chi connectivity index (χ4v) is 4.42. The van der Waals surface area contributed by atoms with E-state index in [1.165, 1.54) is 18.4 Å². The lowest BCUT2D eigenvalue weighted by atomic mass is 10.0. The molecule has 0 bridgehead atoms. The van der Waals surface area contributed by atoms with Gasteiger partial charge in [-0.1, -0.05) is 47.7 Å². The average Bonchev–Trinajstić information content (AvgIpc) is 3.03. The molecule has 146 valence electrons. The minimum absolute atomic E-state index is 0.000646. The second-order valence-corrected chi connectivity index (χ2v) is 7.90. The van der Waals surface area contributed by atoms with Crippen molar-refractivity contribution in [3.05, 3.63) is 76.1 Å². The SMILES string of the molecule is COC(=O)Cn1c(=NC(=O)c2cccc3ccccc23)sc2cc(C)c(C)cc21. The first-order chi connectivity index (χ1) is 14.0. The molecule has 29 heavy (non-hydrogen) atoms. The van der Waals surface area contributed by atoms with E-state index < -0.39 is 0 Å². The third kappa shape index (κ3) is 3.59. The number of nitrogens with zero attached hydrogens (tertiary/aromatic N) is 2. The maximum Gasteiger partial charge on any atom is 0.325 e. The molecular weight excluding hydrogens is 384 g/mol. The van der Waals surface area contributed by atoms with Crippen molar-refractivity contribution in [2.45, 2.75) is 20.4 Å². The van der Waals surface area contributed by atoms with Crippen molar-refractivity contribution in [1.29, 1.82) is 0 Å². The van der Waals surface area contributed by atoms with Crippen LogP contribution in [0.1, 0.15) is 21.5 Å². The van der Waals surface area contributed by atoms with E-state index in [4.69, 9.17) is 4.74 Å². The highest BCUT2D eigenvalue weighted by Crippen LogP contribution is 2.23. The molecule has 0 aliphatic rings. The number of amides is 1. The van der Waals surface area contributed by atoms with Crippen molar-refractivity contribution in [3.63, 3.8) is 0 Å². The topological polar surface area (TPSA) is 60.7 Å². The Morgan fingerprint density at radius 3 is 2.55 bits per heavy atom. The first-order valence-electron chi connectivity index (χ1n) is 9.22. The van der Waals surface area contributed by atoms with Crippen molar-refractivity contribution >= 4 is 44.2 Å². The Balaban J connectivity index is 1.91. The highest BCUT2D eigenvalue weighted by atomic mass is 32.1. The van der Waals surface area contributed by atoms with Gasteiger partial charge in [0, 0.05) is 5.56 Å². The highest BCUT2D eigenvalue weighted by Gasteiger charge is 2.14. The number of carbonyl (C=O) groups excluding carboxylic acids is 2. The van der Waals surface area contributed by atoms with E-state index >= 15 is 0 Å². The van der Waals surface area contributed by atoms with Crippen LogP contribution in [0, 0.1) is 13.8 Å². The van der Waals surface area contributed by atoms with E-state index in [9.17, 15) is 9.59 Å². The molecular formula is C23H20N2O3S. The van der Waals surface area contributed by atoms with Crippen molar-refractivity contribution in [2.75, 3.05) is 7.11 Å². The standard InChI is InChI=1S/C23H20N2O3S/c1-14-11-19-20(12-15(14)2)29-23(25(19)13-21(26)28-3)24-22(27)18-10-6-8-16-7-4-5-9-17(16)18/h4-12H,13H2,1-3H3. The van der Waals surface area contributed by atoms with Crippen LogP contribution in [0.4, 0.5) is 0 Å². The van der Waals surface area contributed by atoms with Crippen LogP contribution in [0.15, 0.2) is 59.6 Å². The predicted octanol–water partition coefficient (Wildman–Crippen LogP) is 4.39. The van der Waals surface area contributed by atoms with Gasteiger partial charge in [0.15, 0.2) is 4.80 Å². The van der Waals surface area contributed by atoms with Gasteiger partial charge in [-0.15, -0.1) is 0 Å². The molecule has 0 N–H and O–H groups in total. The van der Waals surface area contributed by atoms with E-state index in [-0.39, 0.29) is 18.4 Å². The average molecular weight is 404 g/mol. The molecule has 1 heterocycles. The minimum atomic E-state index is -0.387. The van der Waals surface area contributed by atoms with Gasteiger partial charge in [0.25, 0.3) is 5.91 Å². The van der Waals surface area contributed by atoms with Gasteiger partial charge in [-0.2, -0.15) is 4.99 Å². The molecule has 1 amide bonds. The van der Waals surface area contributed by atoms with Crippen LogP contribution >= 0.6 is 11.3 Å². The molecule has 1 aromatic heterocycles. The maximum atomic E-state index is 13.1. The molecule has 4 rings (SSSR count). The number of ether oxygens (including phenoxy) is 1. The fourth-order valence-electron chi connectivity index (χ4n) is 3.31. The second kappa shape index (κ2) is 7.64. The van der Waals surface area contributed by atoms with Gasteiger partial charge in [-0.25, -0.2) is 0 Å². The first kappa shape index (κ1) is 19.1. The number of hydrogen-bond acceptors (Lipinski definition) is 4. The molecule has 6 heteroatoms. The van der Waals surface area contributed by atoms with E-state index in [2.05, 4.69) is 11.1 Å². The van der Waals surface area contributed by atoms with Crippen LogP contribution < -0.4 is 4.80 Å². The van der Waals surface area contributed by atoms with Crippen LogP contribution in [0.5, 0.6) is 0 Å². The van der Waals surface area contributed by atoms with Crippen LogP contribution in [0.2, 0.25) is 0 Å². The molecule has 0 unspecified atom stereocenters. The van der Waals surface area contributed by atoms with Gasteiger partial charge in [-0.3, -0.25) is 9.59 Å². The van der Waals surface area contributed by atoms with Gasteiger partial charge in [-0.05, 0) is 53.9 Å². The van der Waals surface area contributed by atoms with E-state index in [0.717, 1.165) is 32.1 Å². The maximum absolute atomic E-state index is 13.1. The zero-order valence-electron chi connectivity index (χ0n) is 16.4. The molecule has 0 radical (unpaired) electrons. The number of rotatable bonds is 3. The third-order valence-corrected chi connectivity index (χ3v) is 6.07. The number of fused-ring (bicyclic) bond motifs is 2. The molecule has 3 aromatic carbocycles. The molecule has 0 spiro atoms. The smallest absolute Gasteiger partial charge is 0.325 e. The Hall–Kier alpha value is -3.25. The number of aromatic nitrogens is 1. The van der Waals surface area contributed by atoms with Gasteiger partial charge < -0.3 is 9.30 Å². The molecule has 0 aliphatic heterocycles. The van der Waals surface area contributed by atoms with E-state index in [1.807, 2.05) is 56.3 Å². The third-order valence-electron chi connectivity index (χ3n) is 5.03. The number of thiazole rings is 1. The molecule has 0 saturated carbocycles. The van der Waals surface area contributed by atoms with Crippen molar-refractivity contribution in [3.8, 4) is 0 Å². The Morgan fingerprint density at radius 2 is 1.76 bits per heavy atom. The van der Waals surface area contributed by atoms with Crippen molar-refractivity contribution in [2.24, 2.45) is 4.99 Å². The molecule has 0 fully saturated rings. The Labute approximate surface area is 171 Å². The largest absolute Gasteiger partial charge is 0.468 e. The number of methoxy groups -OCH3 is 1. The van der Waals surface area contributed by atoms with E-state index in [1.54, 1.807) is 10.6 Å². The van der Waals surface area contributed by atoms with E-state index in [0.29, 0.717) is 10.4 Å². The Morgan fingerprint density at radius 1 is 1.03 bits per heavy atom. The second-order valence-electron chi connectivity index (χ2n) is 6.89. The molecule has 0 saturated heterocycles. The fraction of sp³-hybridized carbons (Fsp3) is 0.174. The van der Waals surface area contributed by atoms with Crippen LogP contribution in [-0.4, -0.2) is 23.6 Å². The van der Waals surface area contributed by atoms with Gasteiger partial charge >= 0.3 is 5.97 Å². The monoisotopic (exact) mass is 404 g/mol. The van der Waals surface area contributed by atoms with Gasteiger partial charge in [0.05, 0.1) is 17.3 Å². The summed E-state index contributed by atoms with van der Waals surface area (Å²) in [7, 11) is 1.35. The summed E-state index contributed by atoms with van der Waals surface area (Å²) in [6.07, 6.45) is 0. The highest BCUT2D eigenvalue weighted by molar-refractivity contribution is 7.16. The number of esters is 1. The quantitative estimate of drug-likeness (QED) is 0.476. The Kier molecular flexibility index (Phi) is 5.03. The summed E-state index contributed by atoms with van der Waals surface area (Å²) >= 11 is 1.40. The van der Waals surface area contributed by atoms with Gasteiger partial charge in [0.2, 0.25) is 0 Å². The Bertz CT molecular complexity index is 1330.